The molecule has 0 aromatic heterocycles. The van der Waals surface area contributed by atoms with Crippen molar-refractivity contribution in [3.8, 4) is 0 Å². The molecular formula is C13H20N2S. The van der Waals surface area contributed by atoms with E-state index in [2.05, 4.69) is 55.5 Å². The lowest BCUT2D eigenvalue weighted by molar-refractivity contribution is 0.505. The molecule has 1 atom stereocenters. The van der Waals surface area contributed by atoms with E-state index in [4.69, 9.17) is 0 Å². The second kappa shape index (κ2) is 4.68. The number of hydrogen-bond donors (Lipinski definition) is 1. The molecule has 1 fully saturated rings. The normalized spacial score (nSPS) is 25.4. The molecule has 1 unspecified atom stereocenters. The minimum Gasteiger partial charge on any atom is -0.378 e. The Morgan fingerprint density at radius 1 is 1.25 bits per heavy atom. The first-order valence-electron chi connectivity index (χ1n) is 5.79. The highest BCUT2D eigenvalue weighted by atomic mass is 32.2. The van der Waals surface area contributed by atoms with Crippen LogP contribution in [0.4, 0.5) is 5.69 Å². The molecular weight excluding hydrogens is 216 g/mol. The van der Waals surface area contributed by atoms with Gasteiger partial charge in [0.15, 0.2) is 0 Å². The second-order valence-corrected chi connectivity index (χ2v) is 6.12. The highest BCUT2D eigenvalue weighted by molar-refractivity contribution is 8.00. The van der Waals surface area contributed by atoms with Gasteiger partial charge in [-0.1, -0.05) is 12.1 Å². The summed E-state index contributed by atoms with van der Waals surface area (Å²) in [6, 6.07) is 8.86. The maximum Gasteiger partial charge on any atom is 0.0872 e. The van der Waals surface area contributed by atoms with Gasteiger partial charge in [-0.05, 0) is 43.3 Å². The maximum absolute atomic E-state index is 3.61. The van der Waals surface area contributed by atoms with Crippen molar-refractivity contribution < 1.29 is 0 Å². The number of hydrogen-bond acceptors (Lipinski definition) is 3. The van der Waals surface area contributed by atoms with E-state index in [1.165, 1.54) is 23.4 Å². The fourth-order valence-corrected chi connectivity index (χ4v) is 3.19. The molecule has 1 aliphatic heterocycles. The van der Waals surface area contributed by atoms with Crippen LogP contribution >= 0.6 is 11.8 Å². The summed E-state index contributed by atoms with van der Waals surface area (Å²) in [6.07, 6.45) is 1.27. The number of anilines is 1. The molecule has 88 valence electrons. The number of benzene rings is 1. The van der Waals surface area contributed by atoms with E-state index in [9.17, 15) is 0 Å². The van der Waals surface area contributed by atoms with Crippen molar-refractivity contribution in [3.63, 3.8) is 0 Å². The van der Waals surface area contributed by atoms with Crippen LogP contribution in [0.2, 0.25) is 0 Å². The molecule has 0 saturated carbocycles. The fourth-order valence-electron chi connectivity index (χ4n) is 1.99. The lowest BCUT2D eigenvalue weighted by atomic mass is 10.1. The van der Waals surface area contributed by atoms with Crippen LogP contribution in [-0.2, 0) is 4.87 Å². The molecule has 1 N–H and O–H groups in total. The summed E-state index contributed by atoms with van der Waals surface area (Å²) in [4.78, 5) is 2.23. The van der Waals surface area contributed by atoms with Crippen LogP contribution in [0.1, 0.15) is 18.9 Å². The smallest absolute Gasteiger partial charge is 0.0872 e. The van der Waals surface area contributed by atoms with Crippen molar-refractivity contribution >= 4 is 17.4 Å². The van der Waals surface area contributed by atoms with Crippen molar-refractivity contribution in [2.75, 3.05) is 31.3 Å². The van der Waals surface area contributed by atoms with Gasteiger partial charge in [0.25, 0.3) is 0 Å². The summed E-state index contributed by atoms with van der Waals surface area (Å²) in [7, 11) is 4.15. The number of nitrogens with one attached hydrogen (secondary N) is 1. The van der Waals surface area contributed by atoms with E-state index >= 15 is 0 Å². The van der Waals surface area contributed by atoms with E-state index in [1.54, 1.807) is 0 Å². The summed E-state index contributed by atoms with van der Waals surface area (Å²) in [5, 5.41) is 3.61. The van der Waals surface area contributed by atoms with Crippen LogP contribution in [0.15, 0.2) is 24.3 Å². The highest BCUT2D eigenvalue weighted by Gasteiger charge is 2.28. The first-order valence-corrected chi connectivity index (χ1v) is 6.77. The molecule has 16 heavy (non-hydrogen) atoms. The molecule has 2 rings (SSSR count). The topological polar surface area (TPSA) is 15.3 Å². The zero-order valence-electron chi connectivity index (χ0n) is 10.3. The van der Waals surface area contributed by atoms with Crippen LogP contribution < -0.4 is 10.2 Å². The largest absolute Gasteiger partial charge is 0.378 e. The predicted octanol–water partition coefficient (Wildman–Crippen LogP) is 2.65. The molecule has 3 heteroatoms. The molecule has 0 aliphatic carbocycles. The predicted molar refractivity (Wildman–Crippen MR) is 73.2 cm³/mol. The van der Waals surface area contributed by atoms with Crippen LogP contribution in [0.3, 0.4) is 0 Å². The number of rotatable bonds is 2. The minimum atomic E-state index is 0.100. The average Bonchev–Trinajstić information content (AvgIpc) is 2.30. The third-order valence-electron chi connectivity index (χ3n) is 3.11. The zero-order chi connectivity index (χ0) is 11.6. The molecule has 1 heterocycles. The van der Waals surface area contributed by atoms with Gasteiger partial charge in [0.2, 0.25) is 0 Å². The maximum atomic E-state index is 3.61. The minimum absolute atomic E-state index is 0.100. The van der Waals surface area contributed by atoms with E-state index in [-0.39, 0.29) is 4.87 Å². The standard InChI is InChI=1S/C13H20N2S/c1-13(14-9-4-10-16-13)11-5-7-12(8-6-11)15(2)3/h5-8,14H,4,9-10H2,1-3H3. The molecule has 0 radical (unpaired) electrons. The molecule has 1 aromatic rings. The summed E-state index contributed by atoms with van der Waals surface area (Å²) in [5.41, 5.74) is 2.64. The van der Waals surface area contributed by atoms with E-state index < -0.39 is 0 Å². The van der Waals surface area contributed by atoms with Gasteiger partial charge >= 0.3 is 0 Å². The van der Waals surface area contributed by atoms with Gasteiger partial charge in [-0.15, -0.1) is 11.8 Å². The zero-order valence-corrected chi connectivity index (χ0v) is 11.1. The lowest BCUT2D eigenvalue weighted by Crippen LogP contribution is -2.40. The Hall–Kier alpha value is -0.670. The van der Waals surface area contributed by atoms with Gasteiger partial charge in [0.1, 0.15) is 0 Å². The average molecular weight is 236 g/mol. The molecule has 0 amide bonds. The second-order valence-electron chi connectivity index (χ2n) is 4.60. The Bertz CT molecular complexity index is 339. The van der Waals surface area contributed by atoms with E-state index in [0.717, 1.165) is 6.54 Å². The molecule has 1 saturated heterocycles. The SMILES string of the molecule is CN(C)c1ccc(C2(C)NCCCS2)cc1. The number of thioether (sulfide) groups is 1. The molecule has 0 spiro atoms. The van der Waals surface area contributed by atoms with Crippen molar-refractivity contribution in [1.82, 2.24) is 5.32 Å². The summed E-state index contributed by atoms with van der Waals surface area (Å²) in [5.74, 6) is 1.25. The Morgan fingerprint density at radius 3 is 2.44 bits per heavy atom. The fraction of sp³-hybridized carbons (Fsp3) is 0.538. The van der Waals surface area contributed by atoms with Crippen molar-refractivity contribution in [3.05, 3.63) is 29.8 Å². The van der Waals surface area contributed by atoms with Gasteiger partial charge in [0.05, 0.1) is 4.87 Å². The Labute approximate surface area is 102 Å². The van der Waals surface area contributed by atoms with Gasteiger partial charge in [-0.3, -0.25) is 5.32 Å². The summed E-state index contributed by atoms with van der Waals surface area (Å²) in [6.45, 7) is 3.40. The molecule has 1 aromatic carbocycles. The van der Waals surface area contributed by atoms with Gasteiger partial charge in [-0.25, -0.2) is 0 Å². The van der Waals surface area contributed by atoms with Crippen molar-refractivity contribution in [2.45, 2.75) is 18.2 Å². The Morgan fingerprint density at radius 2 is 1.94 bits per heavy atom. The van der Waals surface area contributed by atoms with Gasteiger partial charge < -0.3 is 4.90 Å². The third kappa shape index (κ3) is 2.36. The summed E-state index contributed by atoms with van der Waals surface area (Å²) >= 11 is 2.01. The molecule has 0 bridgehead atoms. The quantitative estimate of drug-likeness (QED) is 0.850. The van der Waals surface area contributed by atoms with E-state index in [0.29, 0.717) is 0 Å². The van der Waals surface area contributed by atoms with Gasteiger partial charge in [0, 0.05) is 19.8 Å². The van der Waals surface area contributed by atoms with Gasteiger partial charge in [-0.2, -0.15) is 0 Å². The Balaban J connectivity index is 2.20. The van der Waals surface area contributed by atoms with Crippen molar-refractivity contribution in [2.24, 2.45) is 0 Å². The third-order valence-corrected chi connectivity index (χ3v) is 4.56. The van der Waals surface area contributed by atoms with Crippen LogP contribution in [0.5, 0.6) is 0 Å². The van der Waals surface area contributed by atoms with Crippen LogP contribution in [0.25, 0.3) is 0 Å². The summed E-state index contributed by atoms with van der Waals surface area (Å²) < 4.78 is 0. The first-order chi connectivity index (χ1) is 7.62. The van der Waals surface area contributed by atoms with Crippen LogP contribution in [-0.4, -0.2) is 26.4 Å². The highest BCUT2D eigenvalue weighted by Crippen LogP contribution is 2.36. The van der Waals surface area contributed by atoms with Crippen LogP contribution in [0, 0.1) is 0 Å². The molecule has 2 nitrogen and oxygen atoms in total. The monoisotopic (exact) mass is 236 g/mol. The van der Waals surface area contributed by atoms with E-state index in [1.807, 2.05) is 11.8 Å². The number of nitrogens with zero attached hydrogens (tertiary/aromatic N) is 1. The Kier molecular flexibility index (Phi) is 3.45. The lowest BCUT2D eigenvalue weighted by Gasteiger charge is -2.35. The molecule has 1 aliphatic rings. The van der Waals surface area contributed by atoms with Crippen molar-refractivity contribution in [1.29, 1.82) is 0 Å². The first kappa shape index (κ1) is 11.8.